The van der Waals surface area contributed by atoms with Crippen molar-refractivity contribution in [2.45, 2.75) is 19.1 Å². The van der Waals surface area contributed by atoms with Crippen LogP contribution in [0.4, 0.5) is 13.2 Å². The van der Waals surface area contributed by atoms with E-state index in [1.54, 1.807) is 25.1 Å². The number of nitrogens with zero attached hydrogens (tertiary/aromatic N) is 1. The molecule has 1 heterocycles. The van der Waals surface area contributed by atoms with E-state index in [-0.39, 0.29) is 12.4 Å². The highest BCUT2D eigenvalue weighted by Crippen LogP contribution is 2.39. The van der Waals surface area contributed by atoms with Crippen molar-refractivity contribution in [2.24, 2.45) is 0 Å². The zero-order valence-electron chi connectivity index (χ0n) is 11.0. The number of halogens is 5. The molecule has 0 unspecified atom stereocenters. The van der Waals surface area contributed by atoms with Gasteiger partial charge in [0.2, 0.25) is 0 Å². The molecule has 1 aliphatic heterocycles. The number of aryl methyl sites for hydroxylation is 1. The van der Waals surface area contributed by atoms with Crippen molar-refractivity contribution in [2.75, 3.05) is 26.2 Å². The van der Waals surface area contributed by atoms with E-state index in [0.29, 0.717) is 41.8 Å². The zero-order chi connectivity index (χ0) is 14.0. The molecule has 0 spiro atoms. The number of nitrogens with one attached hydrogen (secondary N) is 1. The first-order valence-electron chi connectivity index (χ1n) is 6.17. The normalized spacial score (nSPS) is 18.4. The molecular formula is C13H17BrClF3N2. The first-order chi connectivity index (χ1) is 8.89. The third-order valence-electron chi connectivity index (χ3n) is 3.36. The van der Waals surface area contributed by atoms with Crippen LogP contribution < -0.4 is 5.32 Å². The molecule has 0 aromatic heterocycles. The molecule has 2 nitrogen and oxygen atoms in total. The summed E-state index contributed by atoms with van der Waals surface area (Å²) in [5.74, 6) is 0. The summed E-state index contributed by atoms with van der Waals surface area (Å²) in [6, 6.07) is 3.55. The third-order valence-corrected chi connectivity index (χ3v) is 3.86. The maximum atomic E-state index is 13.4. The molecule has 1 atom stereocenters. The van der Waals surface area contributed by atoms with Crippen LogP contribution in [0.5, 0.6) is 0 Å². The molecule has 114 valence electrons. The summed E-state index contributed by atoms with van der Waals surface area (Å²) in [4.78, 5) is 1.51. The van der Waals surface area contributed by atoms with Crippen LogP contribution in [0.1, 0.15) is 17.2 Å². The lowest BCUT2D eigenvalue weighted by Gasteiger charge is -2.36. The molecule has 0 radical (unpaired) electrons. The van der Waals surface area contributed by atoms with Crippen LogP contribution in [0.25, 0.3) is 0 Å². The summed E-state index contributed by atoms with van der Waals surface area (Å²) in [6.45, 7) is 3.74. The number of alkyl halides is 3. The molecule has 20 heavy (non-hydrogen) atoms. The highest BCUT2D eigenvalue weighted by atomic mass is 79.9. The molecule has 1 aliphatic rings. The predicted molar refractivity (Wildman–Crippen MR) is 79.4 cm³/mol. The van der Waals surface area contributed by atoms with Gasteiger partial charge in [-0.05, 0) is 30.2 Å². The highest BCUT2D eigenvalue weighted by Gasteiger charge is 2.45. The highest BCUT2D eigenvalue weighted by molar-refractivity contribution is 9.10. The molecular weight excluding hydrogens is 357 g/mol. The van der Waals surface area contributed by atoms with Gasteiger partial charge in [-0.3, -0.25) is 4.90 Å². The summed E-state index contributed by atoms with van der Waals surface area (Å²) < 4.78 is 41.0. The smallest absolute Gasteiger partial charge is 0.314 e. The quantitative estimate of drug-likeness (QED) is 0.850. The zero-order valence-corrected chi connectivity index (χ0v) is 13.4. The average Bonchev–Trinajstić information content (AvgIpc) is 2.33. The van der Waals surface area contributed by atoms with Crippen LogP contribution in [0, 0.1) is 6.92 Å². The first-order valence-corrected chi connectivity index (χ1v) is 6.96. The Hall–Kier alpha value is -0.300. The van der Waals surface area contributed by atoms with Gasteiger partial charge < -0.3 is 5.32 Å². The van der Waals surface area contributed by atoms with E-state index < -0.39 is 12.2 Å². The van der Waals surface area contributed by atoms with Crippen molar-refractivity contribution >= 4 is 28.3 Å². The Morgan fingerprint density at radius 2 is 1.85 bits per heavy atom. The van der Waals surface area contributed by atoms with E-state index in [9.17, 15) is 13.2 Å². The van der Waals surface area contributed by atoms with Crippen LogP contribution in [-0.2, 0) is 0 Å². The van der Waals surface area contributed by atoms with Gasteiger partial charge in [-0.1, -0.05) is 22.0 Å². The second-order valence-electron chi connectivity index (χ2n) is 4.73. The molecule has 0 saturated carbocycles. The van der Waals surface area contributed by atoms with Crippen molar-refractivity contribution in [3.8, 4) is 0 Å². The lowest BCUT2D eigenvalue weighted by atomic mass is 9.99. The lowest BCUT2D eigenvalue weighted by molar-refractivity contribution is -0.188. The van der Waals surface area contributed by atoms with Gasteiger partial charge in [0.15, 0.2) is 0 Å². The minimum atomic E-state index is -4.26. The van der Waals surface area contributed by atoms with Crippen LogP contribution >= 0.6 is 28.3 Å². The van der Waals surface area contributed by atoms with Gasteiger partial charge in [-0.15, -0.1) is 12.4 Å². The average molecular weight is 374 g/mol. The van der Waals surface area contributed by atoms with Gasteiger partial charge in [-0.25, -0.2) is 0 Å². The number of piperazine rings is 1. The SMILES string of the molecule is Cc1ccc(Br)cc1[C@H](N1CCNCC1)C(F)(F)F.Cl. The van der Waals surface area contributed by atoms with Crippen molar-refractivity contribution in [3.63, 3.8) is 0 Å². The minimum Gasteiger partial charge on any atom is -0.314 e. The second-order valence-corrected chi connectivity index (χ2v) is 5.65. The topological polar surface area (TPSA) is 15.3 Å². The molecule has 0 aliphatic carbocycles. The Bertz CT molecular complexity index is 448. The Labute approximate surface area is 131 Å². The van der Waals surface area contributed by atoms with Crippen LogP contribution in [0.2, 0.25) is 0 Å². The molecule has 1 aromatic carbocycles. The largest absolute Gasteiger partial charge is 0.408 e. The Balaban J connectivity index is 0.00000200. The summed E-state index contributed by atoms with van der Waals surface area (Å²) in [7, 11) is 0. The molecule has 2 rings (SSSR count). The molecule has 1 saturated heterocycles. The molecule has 1 fully saturated rings. The molecule has 7 heteroatoms. The maximum Gasteiger partial charge on any atom is 0.408 e. The van der Waals surface area contributed by atoms with Gasteiger partial charge in [0.05, 0.1) is 0 Å². The van der Waals surface area contributed by atoms with Crippen molar-refractivity contribution in [1.29, 1.82) is 0 Å². The lowest BCUT2D eigenvalue weighted by Crippen LogP contribution is -2.49. The first kappa shape index (κ1) is 17.8. The van der Waals surface area contributed by atoms with E-state index in [0.717, 1.165) is 0 Å². The Morgan fingerprint density at radius 3 is 2.40 bits per heavy atom. The van der Waals surface area contributed by atoms with Crippen LogP contribution in [-0.4, -0.2) is 37.3 Å². The van der Waals surface area contributed by atoms with Gasteiger partial charge in [-0.2, -0.15) is 13.2 Å². The van der Waals surface area contributed by atoms with Gasteiger partial charge in [0.1, 0.15) is 6.04 Å². The Morgan fingerprint density at radius 1 is 1.25 bits per heavy atom. The van der Waals surface area contributed by atoms with E-state index in [4.69, 9.17) is 0 Å². The number of rotatable bonds is 2. The van der Waals surface area contributed by atoms with Gasteiger partial charge in [0, 0.05) is 30.7 Å². The number of hydrogen-bond donors (Lipinski definition) is 1. The minimum absolute atomic E-state index is 0. The van der Waals surface area contributed by atoms with Crippen molar-refractivity contribution in [3.05, 3.63) is 33.8 Å². The number of benzene rings is 1. The maximum absolute atomic E-state index is 13.4. The summed E-state index contributed by atoms with van der Waals surface area (Å²) in [5.41, 5.74) is 1.01. The van der Waals surface area contributed by atoms with E-state index in [2.05, 4.69) is 21.2 Å². The molecule has 0 bridgehead atoms. The molecule has 0 amide bonds. The van der Waals surface area contributed by atoms with Crippen molar-refractivity contribution in [1.82, 2.24) is 10.2 Å². The van der Waals surface area contributed by atoms with Gasteiger partial charge in [0.25, 0.3) is 0 Å². The van der Waals surface area contributed by atoms with Gasteiger partial charge >= 0.3 is 6.18 Å². The van der Waals surface area contributed by atoms with E-state index in [1.807, 2.05) is 0 Å². The standard InChI is InChI=1S/C13H16BrF3N2.ClH/c1-9-2-3-10(14)8-11(9)12(13(15,16)17)19-6-4-18-5-7-19;/h2-3,8,12,18H,4-7H2,1H3;1H/t12-;/m0./s1. The van der Waals surface area contributed by atoms with Crippen molar-refractivity contribution < 1.29 is 13.2 Å². The summed E-state index contributed by atoms with van der Waals surface area (Å²) in [5, 5.41) is 3.08. The van der Waals surface area contributed by atoms with Crippen LogP contribution in [0.3, 0.4) is 0 Å². The summed E-state index contributed by atoms with van der Waals surface area (Å²) in [6.07, 6.45) is -4.26. The van der Waals surface area contributed by atoms with E-state index >= 15 is 0 Å². The molecule has 1 aromatic rings. The molecule has 1 N–H and O–H groups in total. The second kappa shape index (κ2) is 7.11. The van der Waals surface area contributed by atoms with E-state index in [1.165, 1.54) is 4.90 Å². The van der Waals surface area contributed by atoms with Crippen LogP contribution in [0.15, 0.2) is 22.7 Å². The summed E-state index contributed by atoms with van der Waals surface area (Å²) >= 11 is 3.26. The fraction of sp³-hybridized carbons (Fsp3) is 0.538. The fourth-order valence-electron chi connectivity index (χ4n) is 2.43. The Kier molecular flexibility index (Phi) is 6.31. The fourth-order valence-corrected chi connectivity index (χ4v) is 2.81. The third kappa shape index (κ3) is 4.10. The monoisotopic (exact) mass is 372 g/mol. The predicted octanol–water partition coefficient (Wildman–Crippen LogP) is 3.69. The number of hydrogen-bond acceptors (Lipinski definition) is 2.